The zero-order valence-electron chi connectivity index (χ0n) is 10.5. The number of hydrogen-bond donors (Lipinski definition) is 0. The Morgan fingerprint density at radius 2 is 1.89 bits per heavy atom. The maximum atomic E-state index is 13.1. The first-order valence-corrected chi connectivity index (χ1v) is 5.60. The van der Waals surface area contributed by atoms with Crippen LogP contribution in [0.3, 0.4) is 0 Å². The van der Waals surface area contributed by atoms with Crippen LogP contribution in [0.15, 0.2) is 36.4 Å². The summed E-state index contributed by atoms with van der Waals surface area (Å²) in [6.07, 6.45) is 0. The van der Waals surface area contributed by atoms with Gasteiger partial charge in [0.15, 0.2) is 0 Å². The van der Waals surface area contributed by atoms with E-state index >= 15 is 0 Å². The Balaban J connectivity index is 0.00000180. The molecular formula is C14H9ClFO2Rb. The first-order chi connectivity index (χ1) is 8.58. The fourth-order valence-electron chi connectivity index (χ4n) is 1.36. The van der Waals surface area contributed by atoms with Crippen molar-refractivity contribution in [2.75, 3.05) is 0 Å². The number of aryl methyl sites for hydroxylation is 1. The third-order valence-corrected chi connectivity index (χ3v) is 2.70. The van der Waals surface area contributed by atoms with E-state index in [4.69, 9.17) is 16.3 Å². The minimum Gasteiger partial charge on any atom is -0.448 e. The summed E-state index contributed by atoms with van der Waals surface area (Å²) >= 11 is 5.67. The van der Waals surface area contributed by atoms with Crippen LogP contribution in [-0.2, 0) is 0 Å². The topological polar surface area (TPSA) is 26.3 Å². The van der Waals surface area contributed by atoms with Crippen molar-refractivity contribution in [3.8, 4) is 5.75 Å². The second-order valence-electron chi connectivity index (χ2n) is 3.73. The van der Waals surface area contributed by atoms with Crippen LogP contribution in [-0.4, -0.2) is 5.97 Å². The van der Waals surface area contributed by atoms with Crippen LogP contribution < -0.4 is 62.9 Å². The molecule has 0 aromatic heterocycles. The molecule has 0 unspecified atom stereocenters. The van der Waals surface area contributed by atoms with Crippen LogP contribution in [0.2, 0.25) is 5.02 Å². The second-order valence-corrected chi connectivity index (χ2v) is 4.10. The number of ether oxygens (including phenoxy) is 1. The molecule has 0 aliphatic heterocycles. The van der Waals surface area contributed by atoms with Gasteiger partial charge in [0.1, 0.15) is 0 Å². The van der Waals surface area contributed by atoms with Crippen LogP contribution in [0.5, 0.6) is 5.75 Å². The molecule has 2 nitrogen and oxygen atoms in total. The molecule has 0 saturated heterocycles. The molecular weight excluding hydrogens is 340 g/mol. The van der Waals surface area contributed by atoms with E-state index < -0.39 is 11.8 Å². The Morgan fingerprint density at radius 3 is 2.53 bits per heavy atom. The maximum absolute atomic E-state index is 13.1. The molecule has 19 heavy (non-hydrogen) atoms. The van der Waals surface area contributed by atoms with E-state index in [9.17, 15) is 9.18 Å². The van der Waals surface area contributed by atoms with E-state index in [0.29, 0.717) is 5.56 Å². The van der Waals surface area contributed by atoms with Gasteiger partial charge >= 0.3 is 64.2 Å². The second kappa shape index (κ2) is 7.65. The van der Waals surface area contributed by atoms with Crippen LogP contribution >= 0.6 is 11.6 Å². The SMILES string of the molecule is Cc1ccc(C(=O)Oc2cc[c-]c(F)c2Cl)cc1.[Rb+]. The molecule has 0 fully saturated rings. The summed E-state index contributed by atoms with van der Waals surface area (Å²) in [6, 6.07) is 11.8. The van der Waals surface area contributed by atoms with Crippen molar-refractivity contribution in [1.82, 2.24) is 0 Å². The Labute approximate surface area is 164 Å². The van der Waals surface area contributed by atoms with Crippen molar-refractivity contribution in [2.45, 2.75) is 6.92 Å². The molecule has 2 rings (SSSR count). The van der Waals surface area contributed by atoms with Gasteiger partial charge in [-0.05, 0) is 19.1 Å². The first-order valence-electron chi connectivity index (χ1n) is 5.22. The summed E-state index contributed by atoms with van der Waals surface area (Å²) in [5.74, 6) is -1.34. The molecule has 92 valence electrons. The third kappa shape index (κ3) is 4.47. The summed E-state index contributed by atoms with van der Waals surface area (Å²) in [7, 11) is 0. The van der Waals surface area contributed by atoms with Gasteiger partial charge in [-0.1, -0.05) is 17.7 Å². The molecule has 0 aliphatic carbocycles. The number of benzene rings is 2. The van der Waals surface area contributed by atoms with E-state index in [1.54, 1.807) is 24.3 Å². The summed E-state index contributed by atoms with van der Waals surface area (Å²) in [6.45, 7) is 1.91. The van der Waals surface area contributed by atoms with Crippen molar-refractivity contribution in [3.63, 3.8) is 0 Å². The quantitative estimate of drug-likeness (QED) is 0.456. The van der Waals surface area contributed by atoms with E-state index in [1.807, 2.05) is 6.92 Å². The molecule has 0 heterocycles. The summed E-state index contributed by atoms with van der Waals surface area (Å²) in [5.41, 5.74) is 1.41. The number of esters is 1. The summed E-state index contributed by atoms with van der Waals surface area (Å²) in [4.78, 5) is 11.8. The standard InChI is InChI=1S/C14H9ClFO2.Rb/c1-9-5-7-10(8-6-9)14(17)18-12-4-2-3-11(16)13(12)15;/h2,4-8H,1H3;/q-1;+1. The fraction of sp³-hybridized carbons (Fsp3) is 0.0714. The van der Waals surface area contributed by atoms with Crippen molar-refractivity contribution in [2.24, 2.45) is 0 Å². The van der Waals surface area contributed by atoms with Crippen molar-refractivity contribution >= 4 is 17.6 Å². The Bertz CT molecular complexity index is 584. The van der Waals surface area contributed by atoms with Crippen molar-refractivity contribution in [3.05, 3.63) is 64.4 Å². The van der Waals surface area contributed by atoms with Gasteiger partial charge in [0.2, 0.25) is 0 Å². The molecule has 2 aromatic rings. The predicted octanol–water partition coefficient (Wildman–Crippen LogP) is 0.811. The maximum Gasteiger partial charge on any atom is 1.00 e. The average molecular weight is 349 g/mol. The van der Waals surface area contributed by atoms with E-state index in [-0.39, 0.29) is 69.0 Å². The van der Waals surface area contributed by atoms with E-state index in [1.165, 1.54) is 12.1 Å². The molecule has 0 amide bonds. The third-order valence-electron chi connectivity index (χ3n) is 2.34. The molecule has 2 aromatic carbocycles. The number of rotatable bonds is 2. The van der Waals surface area contributed by atoms with Gasteiger partial charge in [-0.15, -0.1) is 12.1 Å². The molecule has 0 radical (unpaired) electrons. The van der Waals surface area contributed by atoms with E-state index in [0.717, 1.165) is 5.56 Å². The zero-order valence-corrected chi connectivity index (χ0v) is 16.2. The normalized spacial score (nSPS) is 9.63. The predicted molar refractivity (Wildman–Crippen MR) is 66.4 cm³/mol. The van der Waals surface area contributed by atoms with E-state index in [2.05, 4.69) is 6.07 Å². The molecule has 0 saturated carbocycles. The summed E-state index contributed by atoms with van der Waals surface area (Å²) < 4.78 is 18.1. The van der Waals surface area contributed by atoms with Gasteiger partial charge in [-0.3, -0.25) is 0 Å². The molecule has 0 atom stereocenters. The van der Waals surface area contributed by atoms with Crippen LogP contribution in [0.25, 0.3) is 0 Å². The Hall–Kier alpha value is -0.0648. The average Bonchev–Trinajstić information content (AvgIpc) is 2.36. The first kappa shape index (κ1) is 17.0. The summed E-state index contributed by atoms with van der Waals surface area (Å²) in [5, 5.41) is -0.252. The van der Waals surface area contributed by atoms with Crippen LogP contribution in [0.1, 0.15) is 15.9 Å². The minimum absolute atomic E-state index is 0. The van der Waals surface area contributed by atoms with Gasteiger partial charge in [0.05, 0.1) is 5.56 Å². The number of carbonyl (C=O) groups is 1. The number of halogens is 2. The monoisotopic (exact) mass is 348 g/mol. The molecule has 0 spiro atoms. The largest absolute Gasteiger partial charge is 1.00 e. The van der Waals surface area contributed by atoms with Crippen molar-refractivity contribution < 1.29 is 72.1 Å². The van der Waals surface area contributed by atoms with Gasteiger partial charge in [-0.2, -0.15) is 17.7 Å². The molecule has 5 heteroatoms. The smallest absolute Gasteiger partial charge is 0.448 e. The number of hydrogen-bond acceptors (Lipinski definition) is 2. The molecule has 0 N–H and O–H groups in total. The fourth-order valence-corrected chi connectivity index (χ4v) is 1.52. The van der Waals surface area contributed by atoms with Gasteiger partial charge in [-0.25, -0.2) is 9.18 Å². The van der Waals surface area contributed by atoms with Crippen LogP contribution in [0, 0.1) is 18.8 Å². The Morgan fingerprint density at radius 1 is 1.26 bits per heavy atom. The van der Waals surface area contributed by atoms with Gasteiger partial charge in [0.25, 0.3) is 0 Å². The van der Waals surface area contributed by atoms with Crippen LogP contribution in [0.4, 0.5) is 4.39 Å². The van der Waals surface area contributed by atoms with Gasteiger partial charge in [0, 0.05) is 16.6 Å². The van der Waals surface area contributed by atoms with Crippen molar-refractivity contribution in [1.29, 1.82) is 0 Å². The molecule has 0 bridgehead atoms. The zero-order chi connectivity index (χ0) is 13.1. The molecule has 0 aliphatic rings. The minimum atomic E-state index is -0.745. The van der Waals surface area contributed by atoms with Gasteiger partial charge < -0.3 is 4.74 Å². The number of carbonyl (C=O) groups excluding carboxylic acids is 1. The Kier molecular flexibility index (Phi) is 6.84.